The van der Waals surface area contributed by atoms with Crippen LogP contribution in [-0.2, 0) is 4.74 Å². The molecular formula is C16H22N2O4. The summed E-state index contributed by atoms with van der Waals surface area (Å²) in [6, 6.07) is 2.09. The van der Waals surface area contributed by atoms with Crippen LogP contribution < -0.4 is 0 Å². The molecule has 2 saturated heterocycles. The monoisotopic (exact) mass is 306 g/mol. The molecule has 0 radical (unpaired) electrons. The Bertz CT molecular complexity index is 587. The third kappa shape index (κ3) is 2.58. The topological polar surface area (TPSA) is 63.0 Å². The standard InChI is InChI=1S/C16H22N2O4/c1-10-9-21-16(20)18(10)13-4-6-17(7-5-13)15(19)14-8-11(2)22-12(14)3/h8,10,13H,4-7,9H2,1-3H3. The van der Waals surface area contributed by atoms with Crippen molar-refractivity contribution in [2.24, 2.45) is 0 Å². The Kier molecular flexibility index (Phi) is 3.85. The molecule has 0 N–H and O–H groups in total. The summed E-state index contributed by atoms with van der Waals surface area (Å²) in [6.45, 7) is 7.43. The number of amides is 2. The maximum Gasteiger partial charge on any atom is 0.410 e. The first kappa shape index (κ1) is 14.9. The van der Waals surface area contributed by atoms with Crippen LogP contribution in [0.3, 0.4) is 0 Å². The molecule has 0 bridgehead atoms. The normalized spacial score (nSPS) is 23.0. The summed E-state index contributed by atoms with van der Waals surface area (Å²) in [5.41, 5.74) is 0.643. The van der Waals surface area contributed by atoms with Gasteiger partial charge in [0.1, 0.15) is 18.1 Å². The number of carbonyl (C=O) groups excluding carboxylic acids is 2. The third-order valence-electron chi connectivity index (χ3n) is 4.55. The minimum Gasteiger partial charge on any atom is -0.466 e. The fourth-order valence-electron chi connectivity index (χ4n) is 3.40. The van der Waals surface area contributed by atoms with Crippen LogP contribution >= 0.6 is 0 Å². The molecule has 1 unspecified atom stereocenters. The van der Waals surface area contributed by atoms with E-state index in [0.717, 1.165) is 18.6 Å². The van der Waals surface area contributed by atoms with Crippen molar-refractivity contribution in [1.82, 2.24) is 9.80 Å². The lowest BCUT2D eigenvalue weighted by Gasteiger charge is -2.37. The fourth-order valence-corrected chi connectivity index (χ4v) is 3.40. The van der Waals surface area contributed by atoms with Gasteiger partial charge in [0, 0.05) is 19.1 Å². The van der Waals surface area contributed by atoms with Crippen molar-refractivity contribution in [3.8, 4) is 0 Å². The number of likely N-dealkylation sites (tertiary alicyclic amines) is 1. The lowest BCUT2D eigenvalue weighted by atomic mass is 10.0. The van der Waals surface area contributed by atoms with Gasteiger partial charge in [0.2, 0.25) is 0 Å². The van der Waals surface area contributed by atoms with Crippen LogP contribution in [0.4, 0.5) is 4.79 Å². The molecule has 2 aliphatic heterocycles. The van der Waals surface area contributed by atoms with E-state index in [1.807, 2.05) is 30.6 Å². The Morgan fingerprint density at radius 1 is 1.27 bits per heavy atom. The maximum atomic E-state index is 12.6. The molecular weight excluding hydrogens is 284 g/mol. The van der Waals surface area contributed by atoms with E-state index in [2.05, 4.69) is 0 Å². The van der Waals surface area contributed by atoms with Gasteiger partial charge in [-0.1, -0.05) is 0 Å². The number of hydrogen-bond donors (Lipinski definition) is 0. The average molecular weight is 306 g/mol. The van der Waals surface area contributed by atoms with Crippen LogP contribution in [0.25, 0.3) is 0 Å². The molecule has 2 fully saturated rings. The molecule has 3 heterocycles. The minimum absolute atomic E-state index is 0.0184. The highest BCUT2D eigenvalue weighted by Crippen LogP contribution is 2.25. The van der Waals surface area contributed by atoms with Crippen LogP contribution in [-0.4, -0.2) is 53.6 Å². The highest BCUT2D eigenvalue weighted by Gasteiger charge is 2.37. The Labute approximate surface area is 130 Å². The van der Waals surface area contributed by atoms with E-state index in [4.69, 9.17) is 9.15 Å². The summed E-state index contributed by atoms with van der Waals surface area (Å²) in [5, 5.41) is 0. The Balaban J connectivity index is 1.63. The predicted molar refractivity (Wildman–Crippen MR) is 79.8 cm³/mol. The number of nitrogens with zero attached hydrogens (tertiary/aromatic N) is 2. The summed E-state index contributed by atoms with van der Waals surface area (Å²) >= 11 is 0. The Morgan fingerprint density at radius 2 is 1.95 bits per heavy atom. The van der Waals surface area contributed by atoms with E-state index in [0.29, 0.717) is 31.0 Å². The van der Waals surface area contributed by atoms with Gasteiger partial charge in [0.25, 0.3) is 5.91 Å². The van der Waals surface area contributed by atoms with Crippen LogP contribution in [0, 0.1) is 13.8 Å². The molecule has 6 heteroatoms. The van der Waals surface area contributed by atoms with Crippen molar-refractivity contribution in [3.63, 3.8) is 0 Å². The van der Waals surface area contributed by atoms with Gasteiger partial charge in [0.05, 0.1) is 11.6 Å². The van der Waals surface area contributed by atoms with E-state index in [1.165, 1.54) is 0 Å². The van der Waals surface area contributed by atoms with E-state index in [1.54, 1.807) is 6.07 Å². The number of ether oxygens (including phenoxy) is 1. The van der Waals surface area contributed by atoms with E-state index < -0.39 is 0 Å². The van der Waals surface area contributed by atoms with E-state index >= 15 is 0 Å². The Hall–Kier alpha value is -1.98. The van der Waals surface area contributed by atoms with Crippen molar-refractivity contribution in [2.75, 3.05) is 19.7 Å². The van der Waals surface area contributed by atoms with Gasteiger partial charge in [0.15, 0.2) is 0 Å². The molecule has 2 amide bonds. The average Bonchev–Trinajstić information content (AvgIpc) is 3.00. The zero-order valence-corrected chi connectivity index (χ0v) is 13.3. The van der Waals surface area contributed by atoms with Crippen molar-refractivity contribution >= 4 is 12.0 Å². The minimum atomic E-state index is -0.224. The van der Waals surface area contributed by atoms with E-state index in [-0.39, 0.29) is 24.1 Å². The second-order valence-electron chi connectivity index (χ2n) is 6.18. The number of carbonyl (C=O) groups is 2. The summed E-state index contributed by atoms with van der Waals surface area (Å²) < 4.78 is 10.5. The number of rotatable bonds is 2. The second kappa shape index (κ2) is 5.66. The molecule has 3 rings (SSSR count). The van der Waals surface area contributed by atoms with Gasteiger partial charge < -0.3 is 14.1 Å². The lowest BCUT2D eigenvalue weighted by Crippen LogP contribution is -2.49. The highest BCUT2D eigenvalue weighted by atomic mass is 16.6. The predicted octanol–water partition coefficient (Wildman–Crippen LogP) is 2.34. The smallest absolute Gasteiger partial charge is 0.410 e. The maximum absolute atomic E-state index is 12.6. The SMILES string of the molecule is Cc1cc(C(=O)N2CCC(N3C(=O)OCC3C)CC2)c(C)o1. The quantitative estimate of drug-likeness (QED) is 0.841. The number of cyclic esters (lactones) is 1. The van der Waals surface area contributed by atoms with Crippen LogP contribution in [0.5, 0.6) is 0 Å². The number of aryl methyl sites for hydroxylation is 2. The Morgan fingerprint density at radius 3 is 2.45 bits per heavy atom. The molecule has 0 aromatic carbocycles. The fraction of sp³-hybridized carbons (Fsp3) is 0.625. The zero-order chi connectivity index (χ0) is 15.9. The second-order valence-corrected chi connectivity index (χ2v) is 6.18. The molecule has 120 valence electrons. The van der Waals surface area contributed by atoms with Gasteiger partial charge in [-0.3, -0.25) is 9.69 Å². The van der Waals surface area contributed by atoms with Gasteiger partial charge in [-0.2, -0.15) is 0 Å². The van der Waals surface area contributed by atoms with Gasteiger partial charge in [-0.25, -0.2) is 4.79 Å². The van der Waals surface area contributed by atoms with Crippen molar-refractivity contribution in [2.45, 2.75) is 45.7 Å². The number of furan rings is 1. The third-order valence-corrected chi connectivity index (χ3v) is 4.55. The van der Waals surface area contributed by atoms with Crippen molar-refractivity contribution in [3.05, 3.63) is 23.2 Å². The summed E-state index contributed by atoms with van der Waals surface area (Å²) in [7, 11) is 0. The molecule has 22 heavy (non-hydrogen) atoms. The molecule has 1 aromatic rings. The molecule has 2 aliphatic rings. The van der Waals surface area contributed by atoms with Crippen molar-refractivity contribution in [1.29, 1.82) is 0 Å². The zero-order valence-electron chi connectivity index (χ0n) is 13.3. The molecule has 0 spiro atoms. The van der Waals surface area contributed by atoms with Crippen LogP contribution in [0.15, 0.2) is 10.5 Å². The van der Waals surface area contributed by atoms with Gasteiger partial charge >= 0.3 is 6.09 Å². The summed E-state index contributed by atoms with van der Waals surface area (Å²) in [5.74, 6) is 1.44. The first-order valence-electron chi connectivity index (χ1n) is 7.78. The van der Waals surface area contributed by atoms with E-state index in [9.17, 15) is 9.59 Å². The lowest BCUT2D eigenvalue weighted by molar-refractivity contribution is 0.0640. The molecule has 6 nitrogen and oxygen atoms in total. The van der Waals surface area contributed by atoms with Gasteiger partial charge in [-0.05, 0) is 39.7 Å². The first-order chi connectivity index (χ1) is 10.5. The van der Waals surface area contributed by atoms with Gasteiger partial charge in [-0.15, -0.1) is 0 Å². The largest absolute Gasteiger partial charge is 0.466 e. The summed E-state index contributed by atoms with van der Waals surface area (Å²) in [4.78, 5) is 28.0. The molecule has 1 atom stereocenters. The molecule has 0 saturated carbocycles. The van der Waals surface area contributed by atoms with Crippen LogP contribution in [0.2, 0.25) is 0 Å². The van der Waals surface area contributed by atoms with Crippen LogP contribution in [0.1, 0.15) is 41.6 Å². The number of piperidine rings is 1. The highest BCUT2D eigenvalue weighted by molar-refractivity contribution is 5.95. The summed E-state index contributed by atoms with van der Waals surface area (Å²) in [6.07, 6.45) is 1.36. The molecule has 0 aliphatic carbocycles. The van der Waals surface area contributed by atoms with Crippen molar-refractivity contribution < 1.29 is 18.7 Å². The number of hydrogen-bond acceptors (Lipinski definition) is 4. The first-order valence-corrected chi connectivity index (χ1v) is 7.78. The molecule has 1 aromatic heterocycles.